The third-order valence-electron chi connectivity index (χ3n) is 4.06. The van der Waals surface area contributed by atoms with Crippen LogP contribution in [-0.2, 0) is 6.42 Å². The summed E-state index contributed by atoms with van der Waals surface area (Å²) in [5, 5.41) is 12.5. The number of phenols is 1. The first kappa shape index (κ1) is 13.6. The van der Waals surface area contributed by atoms with E-state index in [0.717, 1.165) is 33.4 Å². The second-order valence-corrected chi connectivity index (χ2v) is 5.58. The third-order valence-corrected chi connectivity index (χ3v) is 4.06. The van der Waals surface area contributed by atoms with Gasteiger partial charge in [-0.1, -0.05) is 60.7 Å². The van der Waals surface area contributed by atoms with Gasteiger partial charge in [-0.2, -0.15) is 0 Å². The van der Waals surface area contributed by atoms with Crippen LogP contribution in [0.5, 0.6) is 5.75 Å². The van der Waals surface area contributed by atoms with E-state index in [1.807, 2.05) is 60.8 Å². The molecular formula is C20H16N2O. The first-order chi connectivity index (χ1) is 11.3. The molecule has 0 fully saturated rings. The second-order valence-electron chi connectivity index (χ2n) is 5.58. The molecule has 0 bridgehead atoms. The molecule has 0 spiro atoms. The van der Waals surface area contributed by atoms with Crippen LogP contribution in [0.4, 0.5) is 0 Å². The van der Waals surface area contributed by atoms with Crippen molar-refractivity contribution < 1.29 is 5.11 Å². The van der Waals surface area contributed by atoms with Gasteiger partial charge in [0.25, 0.3) is 0 Å². The highest BCUT2D eigenvalue weighted by Gasteiger charge is 2.10. The summed E-state index contributed by atoms with van der Waals surface area (Å²) < 4.78 is 0. The van der Waals surface area contributed by atoms with Crippen LogP contribution in [0.2, 0.25) is 0 Å². The number of nitrogens with zero attached hydrogens (tertiary/aromatic N) is 1. The number of phenolic OH excluding ortho intramolecular Hbond substituents is 1. The number of aromatic amines is 1. The van der Waals surface area contributed by atoms with E-state index in [1.54, 1.807) is 6.07 Å². The molecule has 0 aliphatic rings. The summed E-state index contributed by atoms with van der Waals surface area (Å²) >= 11 is 0. The number of rotatable bonds is 3. The summed E-state index contributed by atoms with van der Waals surface area (Å²) in [6.45, 7) is 0. The van der Waals surface area contributed by atoms with Gasteiger partial charge in [0.2, 0.25) is 0 Å². The lowest BCUT2D eigenvalue weighted by Gasteiger charge is -2.08. The van der Waals surface area contributed by atoms with Crippen LogP contribution in [0.25, 0.3) is 22.2 Å². The molecule has 0 aliphatic carbocycles. The molecule has 0 aliphatic heterocycles. The Kier molecular flexibility index (Phi) is 3.31. The normalized spacial score (nSPS) is 11.0. The molecule has 3 heteroatoms. The SMILES string of the molecule is Oc1ccc2ccccc2c1Cc1cnc(-c2ccccc2)[nH]1. The molecule has 4 aromatic rings. The summed E-state index contributed by atoms with van der Waals surface area (Å²) in [6.07, 6.45) is 2.45. The van der Waals surface area contributed by atoms with E-state index in [2.05, 4.69) is 16.0 Å². The first-order valence-corrected chi connectivity index (χ1v) is 7.60. The zero-order chi connectivity index (χ0) is 15.6. The highest BCUT2D eigenvalue weighted by molar-refractivity contribution is 5.87. The zero-order valence-corrected chi connectivity index (χ0v) is 12.5. The van der Waals surface area contributed by atoms with Crippen LogP contribution in [0.3, 0.4) is 0 Å². The van der Waals surface area contributed by atoms with Gasteiger partial charge in [-0.3, -0.25) is 0 Å². The van der Waals surface area contributed by atoms with Gasteiger partial charge >= 0.3 is 0 Å². The molecule has 3 aromatic carbocycles. The highest BCUT2D eigenvalue weighted by Crippen LogP contribution is 2.29. The van der Waals surface area contributed by atoms with Gasteiger partial charge in [0, 0.05) is 29.4 Å². The van der Waals surface area contributed by atoms with Crippen LogP contribution < -0.4 is 0 Å². The predicted molar refractivity (Wildman–Crippen MR) is 92.4 cm³/mol. The van der Waals surface area contributed by atoms with Crippen molar-refractivity contribution in [1.82, 2.24) is 9.97 Å². The third kappa shape index (κ3) is 2.57. The maximum Gasteiger partial charge on any atom is 0.137 e. The van der Waals surface area contributed by atoms with E-state index in [4.69, 9.17) is 0 Å². The van der Waals surface area contributed by atoms with Crippen molar-refractivity contribution in [2.75, 3.05) is 0 Å². The molecule has 0 saturated carbocycles. The summed E-state index contributed by atoms with van der Waals surface area (Å²) in [6, 6.07) is 21.8. The minimum atomic E-state index is 0.319. The quantitative estimate of drug-likeness (QED) is 0.584. The molecule has 0 atom stereocenters. The Bertz CT molecular complexity index is 958. The van der Waals surface area contributed by atoms with Crippen molar-refractivity contribution in [3.05, 3.63) is 84.2 Å². The second kappa shape index (κ2) is 5.61. The molecule has 2 N–H and O–H groups in total. The lowest BCUT2D eigenvalue weighted by Crippen LogP contribution is -1.91. The van der Waals surface area contributed by atoms with Crippen LogP contribution in [0.15, 0.2) is 72.9 Å². The number of hydrogen-bond donors (Lipinski definition) is 2. The number of H-pyrrole nitrogens is 1. The van der Waals surface area contributed by atoms with E-state index in [9.17, 15) is 5.11 Å². The molecule has 3 nitrogen and oxygen atoms in total. The Morgan fingerprint density at radius 1 is 0.870 bits per heavy atom. The summed E-state index contributed by atoms with van der Waals surface area (Å²) in [5.74, 6) is 1.17. The molecular weight excluding hydrogens is 284 g/mol. The van der Waals surface area contributed by atoms with Gasteiger partial charge in [0.15, 0.2) is 0 Å². The fraction of sp³-hybridized carbons (Fsp3) is 0.0500. The first-order valence-electron chi connectivity index (χ1n) is 7.60. The predicted octanol–water partition coefficient (Wildman–Crippen LogP) is 4.53. The number of benzene rings is 3. The zero-order valence-electron chi connectivity index (χ0n) is 12.5. The molecule has 4 rings (SSSR count). The van der Waals surface area contributed by atoms with Crippen LogP contribution in [-0.4, -0.2) is 15.1 Å². The largest absolute Gasteiger partial charge is 0.508 e. The summed E-state index contributed by atoms with van der Waals surface area (Å²) in [7, 11) is 0. The molecule has 1 aromatic heterocycles. The summed E-state index contributed by atoms with van der Waals surface area (Å²) in [4.78, 5) is 7.80. The number of nitrogens with one attached hydrogen (secondary N) is 1. The van der Waals surface area contributed by atoms with Crippen molar-refractivity contribution >= 4 is 10.8 Å². The van der Waals surface area contributed by atoms with Crippen molar-refractivity contribution in [3.8, 4) is 17.1 Å². The Hall–Kier alpha value is -3.07. The molecule has 0 unspecified atom stereocenters. The molecule has 0 amide bonds. The van der Waals surface area contributed by atoms with E-state index in [-0.39, 0.29) is 0 Å². The minimum Gasteiger partial charge on any atom is -0.508 e. The average molecular weight is 300 g/mol. The monoisotopic (exact) mass is 300 g/mol. The van der Waals surface area contributed by atoms with E-state index in [0.29, 0.717) is 12.2 Å². The lowest BCUT2D eigenvalue weighted by atomic mass is 10.00. The number of imidazole rings is 1. The van der Waals surface area contributed by atoms with Crippen LogP contribution in [0.1, 0.15) is 11.3 Å². The Morgan fingerprint density at radius 3 is 2.52 bits per heavy atom. The van der Waals surface area contributed by atoms with Crippen LogP contribution >= 0.6 is 0 Å². The van der Waals surface area contributed by atoms with E-state index in [1.165, 1.54) is 0 Å². The Morgan fingerprint density at radius 2 is 1.65 bits per heavy atom. The van der Waals surface area contributed by atoms with Crippen molar-refractivity contribution in [2.24, 2.45) is 0 Å². The smallest absolute Gasteiger partial charge is 0.137 e. The van der Waals surface area contributed by atoms with Crippen LogP contribution in [0, 0.1) is 0 Å². The maximum absolute atomic E-state index is 10.3. The Balaban J connectivity index is 1.72. The average Bonchev–Trinajstić information content (AvgIpc) is 3.07. The standard InChI is InChI=1S/C20H16N2O/c23-19-11-10-14-6-4-5-9-17(14)18(19)12-16-13-21-20(22-16)15-7-2-1-3-8-15/h1-11,13,23H,12H2,(H,21,22). The van der Waals surface area contributed by atoms with Crippen molar-refractivity contribution in [1.29, 1.82) is 0 Å². The number of hydrogen-bond acceptors (Lipinski definition) is 2. The number of aromatic nitrogens is 2. The van der Waals surface area contributed by atoms with Gasteiger partial charge < -0.3 is 10.1 Å². The minimum absolute atomic E-state index is 0.319. The summed E-state index contributed by atoms with van der Waals surface area (Å²) in [5.41, 5.74) is 2.96. The topological polar surface area (TPSA) is 48.9 Å². The molecule has 0 radical (unpaired) electrons. The van der Waals surface area contributed by atoms with Gasteiger partial charge in [-0.25, -0.2) is 4.98 Å². The van der Waals surface area contributed by atoms with E-state index < -0.39 is 0 Å². The maximum atomic E-state index is 10.3. The fourth-order valence-corrected chi connectivity index (χ4v) is 2.89. The number of fused-ring (bicyclic) bond motifs is 1. The fourth-order valence-electron chi connectivity index (χ4n) is 2.89. The van der Waals surface area contributed by atoms with Gasteiger partial charge in [0.05, 0.1) is 0 Å². The lowest BCUT2D eigenvalue weighted by molar-refractivity contribution is 0.470. The van der Waals surface area contributed by atoms with Crippen molar-refractivity contribution in [2.45, 2.75) is 6.42 Å². The van der Waals surface area contributed by atoms with E-state index >= 15 is 0 Å². The molecule has 112 valence electrons. The molecule has 0 saturated heterocycles. The highest BCUT2D eigenvalue weighted by atomic mass is 16.3. The Labute approximate surface area is 134 Å². The van der Waals surface area contributed by atoms with Gasteiger partial charge in [-0.05, 0) is 16.8 Å². The van der Waals surface area contributed by atoms with Crippen molar-refractivity contribution in [3.63, 3.8) is 0 Å². The van der Waals surface area contributed by atoms with Gasteiger partial charge in [-0.15, -0.1) is 0 Å². The number of aromatic hydroxyl groups is 1. The van der Waals surface area contributed by atoms with Gasteiger partial charge in [0.1, 0.15) is 11.6 Å². The molecule has 1 heterocycles. The molecule has 23 heavy (non-hydrogen) atoms.